The predicted octanol–water partition coefficient (Wildman–Crippen LogP) is 2.23. The molecule has 26 heavy (non-hydrogen) atoms. The van der Waals surface area contributed by atoms with Crippen molar-refractivity contribution in [3.63, 3.8) is 0 Å². The van der Waals surface area contributed by atoms with E-state index in [4.69, 9.17) is 0 Å². The number of nitrogens with zero attached hydrogens (tertiary/aromatic N) is 2. The highest BCUT2D eigenvalue weighted by atomic mass is 32.2. The van der Waals surface area contributed by atoms with Crippen LogP contribution in [0.15, 0.2) is 21.4 Å². The Balaban J connectivity index is 1.90. The van der Waals surface area contributed by atoms with Gasteiger partial charge in [0.15, 0.2) is 0 Å². The van der Waals surface area contributed by atoms with Gasteiger partial charge in [0, 0.05) is 25.0 Å². The fourth-order valence-electron chi connectivity index (χ4n) is 3.97. The first-order chi connectivity index (χ1) is 12.1. The third-order valence-electron chi connectivity index (χ3n) is 4.99. The van der Waals surface area contributed by atoms with Gasteiger partial charge in [0.2, 0.25) is 0 Å². The number of nitrogens with one attached hydrogen (secondary N) is 2. The fraction of sp³-hybridized carbons (Fsp3) is 0.533. The van der Waals surface area contributed by atoms with Gasteiger partial charge in [-0.3, -0.25) is 0 Å². The molecule has 3 aliphatic heterocycles. The first kappa shape index (κ1) is 17.5. The second kappa shape index (κ2) is 5.56. The summed E-state index contributed by atoms with van der Waals surface area (Å²) in [6.45, 7) is 1.99. The summed E-state index contributed by atoms with van der Waals surface area (Å²) in [5.74, 6) is -0.813. The molecule has 6 nitrogen and oxygen atoms in total. The van der Waals surface area contributed by atoms with Crippen molar-refractivity contribution in [2.24, 2.45) is 4.40 Å². The maximum atomic E-state index is 14.1. The lowest BCUT2D eigenvalue weighted by Gasteiger charge is -2.40. The van der Waals surface area contributed by atoms with Crippen LogP contribution < -0.4 is 15.5 Å². The van der Waals surface area contributed by atoms with Crippen molar-refractivity contribution in [1.82, 2.24) is 5.32 Å². The number of alkyl halides is 3. The van der Waals surface area contributed by atoms with Crippen molar-refractivity contribution < 1.29 is 26.0 Å². The van der Waals surface area contributed by atoms with Gasteiger partial charge in [-0.1, -0.05) is 6.92 Å². The maximum absolute atomic E-state index is 14.1. The van der Waals surface area contributed by atoms with E-state index in [-0.39, 0.29) is 30.1 Å². The second-order valence-corrected chi connectivity index (χ2v) is 8.16. The number of hydrogen-bond acceptors (Lipinski definition) is 5. The normalized spacial score (nSPS) is 29.3. The number of hydrogen-bond donors (Lipinski definition) is 2. The minimum Gasteiger partial charge on any atom is -0.352 e. The quantitative estimate of drug-likeness (QED) is 0.756. The van der Waals surface area contributed by atoms with Crippen LogP contribution in [0.2, 0.25) is 0 Å². The first-order valence-corrected chi connectivity index (χ1v) is 9.58. The number of benzene rings is 1. The summed E-state index contributed by atoms with van der Waals surface area (Å²) in [6.07, 6.45) is -4.04. The molecule has 0 saturated carbocycles. The van der Waals surface area contributed by atoms with E-state index in [2.05, 4.69) is 15.0 Å². The number of piperazine rings is 1. The first-order valence-electron chi connectivity index (χ1n) is 8.14. The standard InChI is InChI=1S/C15H16F4N4O2S/c1-2-12-21-13-10(3-7(16)4-11(13)26(24,25)22-12)23-8-5-9(20-6-8)14(23)15(17,18)19/h3-4,8-9,14,20H,2,5-6H2,1H3,(H,21,22)/t8-,9-,14-/m0/s1. The van der Waals surface area contributed by atoms with Crippen LogP contribution in [0, 0.1) is 5.82 Å². The zero-order chi connectivity index (χ0) is 18.9. The summed E-state index contributed by atoms with van der Waals surface area (Å²) in [7, 11) is -4.18. The molecule has 3 aliphatic rings. The molecule has 2 bridgehead atoms. The molecule has 2 N–H and O–H groups in total. The van der Waals surface area contributed by atoms with E-state index in [1.807, 2.05) is 0 Å². The topological polar surface area (TPSA) is 73.8 Å². The number of amidine groups is 1. The summed E-state index contributed by atoms with van der Waals surface area (Å²) >= 11 is 0. The molecule has 0 spiro atoms. The van der Waals surface area contributed by atoms with Crippen LogP contribution in [-0.2, 0) is 10.0 Å². The molecule has 0 radical (unpaired) electrons. The van der Waals surface area contributed by atoms with Crippen LogP contribution in [0.4, 0.5) is 28.9 Å². The highest BCUT2D eigenvalue weighted by molar-refractivity contribution is 7.90. The van der Waals surface area contributed by atoms with Crippen LogP contribution in [-0.4, -0.2) is 45.1 Å². The van der Waals surface area contributed by atoms with Crippen LogP contribution in [0.3, 0.4) is 0 Å². The molecule has 1 aromatic rings. The SMILES string of the molecule is CCC1=NS(=O)(=O)c2cc(F)cc(N3[C@@H]4CN[C@@H](C4)[C@H]3C(F)(F)F)c2N1. The van der Waals surface area contributed by atoms with E-state index in [0.29, 0.717) is 6.54 Å². The number of halogens is 4. The molecule has 0 amide bonds. The lowest BCUT2D eigenvalue weighted by atomic mass is 10.1. The summed E-state index contributed by atoms with van der Waals surface area (Å²) < 4.78 is 83.3. The molecule has 2 saturated heterocycles. The molecular weight excluding hydrogens is 376 g/mol. The van der Waals surface area contributed by atoms with Gasteiger partial charge in [-0.25, -0.2) is 4.39 Å². The van der Waals surface area contributed by atoms with E-state index in [9.17, 15) is 26.0 Å². The number of fused-ring (bicyclic) bond motifs is 3. The highest BCUT2D eigenvalue weighted by Gasteiger charge is 2.58. The monoisotopic (exact) mass is 392 g/mol. The molecule has 3 heterocycles. The summed E-state index contributed by atoms with van der Waals surface area (Å²) in [4.78, 5) is 0.658. The number of sulfonamides is 1. The van der Waals surface area contributed by atoms with E-state index >= 15 is 0 Å². The average molecular weight is 392 g/mol. The molecule has 11 heteroatoms. The van der Waals surface area contributed by atoms with Crippen molar-refractivity contribution in [2.45, 2.75) is 49.0 Å². The summed E-state index contributed by atoms with van der Waals surface area (Å²) in [5.41, 5.74) is -0.138. The second-order valence-electron chi connectivity index (χ2n) is 6.59. The molecule has 2 fully saturated rings. The number of rotatable bonds is 2. The van der Waals surface area contributed by atoms with E-state index in [0.717, 1.165) is 17.0 Å². The van der Waals surface area contributed by atoms with E-state index < -0.39 is 45.0 Å². The van der Waals surface area contributed by atoms with Gasteiger partial charge in [0.25, 0.3) is 10.0 Å². The van der Waals surface area contributed by atoms with Crippen LogP contribution in [0.25, 0.3) is 0 Å². The van der Waals surface area contributed by atoms with Crippen LogP contribution in [0.1, 0.15) is 19.8 Å². The Morgan fingerprint density at radius 1 is 1.35 bits per heavy atom. The van der Waals surface area contributed by atoms with E-state index in [1.165, 1.54) is 0 Å². The molecule has 0 aromatic heterocycles. The van der Waals surface area contributed by atoms with Gasteiger partial charge >= 0.3 is 6.18 Å². The zero-order valence-electron chi connectivity index (χ0n) is 13.6. The molecule has 3 atom stereocenters. The third kappa shape index (κ3) is 2.56. The Labute approximate surface area is 147 Å². The highest BCUT2D eigenvalue weighted by Crippen LogP contribution is 2.47. The lowest BCUT2D eigenvalue weighted by molar-refractivity contribution is -0.152. The Morgan fingerprint density at radius 3 is 2.73 bits per heavy atom. The summed E-state index contributed by atoms with van der Waals surface area (Å²) in [5, 5.41) is 5.61. The van der Waals surface area contributed by atoms with Crippen molar-refractivity contribution in [3.8, 4) is 0 Å². The lowest BCUT2D eigenvalue weighted by Crippen LogP contribution is -2.58. The van der Waals surface area contributed by atoms with Gasteiger partial charge in [0.1, 0.15) is 22.6 Å². The maximum Gasteiger partial charge on any atom is 0.410 e. The Hall–Kier alpha value is -1.88. The van der Waals surface area contributed by atoms with Gasteiger partial charge < -0.3 is 15.5 Å². The molecular formula is C15H16F4N4O2S. The fourth-order valence-corrected chi connectivity index (χ4v) is 5.21. The Bertz CT molecular complexity index is 900. The van der Waals surface area contributed by atoms with Gasteiger partial charge in [-0.2, -0.15) is 21.6 Å². The zero-order valence-corrected chi connectivity index (χ0v) is 14.5. The predicted molar refractivity (Wildman–Crippen MR) is 87.5 cm³/mol. The van der Waals surface area contributed by atoms with Gasteiger partial charge in [-0.05, 0) is 18.6 Å². The molecule has 4 rings (SSSR count). The minimum absolute atomic E-state index is 0.0416. The van der Waals surface area contributed by atoms with Crippen LogP contribution in [0.5, 0.6) is 0 Å². The van der Waals surface area contributed by atoms with Gasteiger partial charge in [0.05, 0.1) is 11.4 Å². The van der Waals surface area contributed by atoms with Gasteiger partial charge in [-0.15, -0.1) is 4.40 Å². The Kier molecular flexibility index (Phi) is 3.75. The molecule has 0 unspecified atom stereocenters. The van der Waals surface area contributed by atoms with Crippen molar-refractivity contribution in [2.75, 3.05) is 16.8 Å². The van der Waals surface area contributed by atoms with Crippen LogP contribution >= 0.6 is 0 Å². The van der Waals surface area contributed by atoms with E-state index in [1.54, 1.807) is 6.92 Å². The molecule has 142 valence electrons. The van der Waals surface area contributed by atoms with Crippen molar-refractivity contribution >= 4 is 27.2 Å². The van der Waals surface area contributed by atoms with Crippen molar-refractivity contribution in [1.29, 1.82) is 0 Å². The largest absolute Gasteiger partial charge is 0.410 e. The third-order valence-corrected chi connectivity index (χ3v) is 6.33. The molecule has 1 aromatic carbocycles. The average Bonchev–Trinajstić information content (AvgIpc) is 3.14. The smallest absolute Gasteiger partial charge is 0.352 e. The van der Waals surface area contributed by atoms with Crippen molar-refractivity contribution in [3.05, 3.63) is 17.9 Å². The summed E-state index contributed by atoms with van der Waals surface area (Å²) in [6, 6.07) is -1.41. The Morgan fingerprint density at radius 2 is 2.08 bits per heavy atom. The molecule has 0 aliphatic carbocycles. The minimum atomic E-state index is -4.54. The number of anilines is 2.